The smallest absolute Gasteiger partial charge is 0.253 e. The Labute approximate surface area is 157 Å². The number of fused-ring (bicyclic) bond motifs is 3. The number of para-hydroxylation sites is 2. The van der Waals surface area contributed by atoms with Gasteiger partial charge in [-0.25, -0.2) is 4.98 Å². The first kappa shape index (κ1) is 17.1. The van der Waals surface area contributed by atoms with Crippen LogP contribution in [0.4, 0.5) is 5.95 Å². The fourth-order valence-electron chi connectivity index (χ4n) is 3.40. The second kappa shape index (κ2) is 7.15. The normalized spacial score (nSPS) is 13.8. The summed E-state index contributed by atoms with van der Waals surface area (Å²) in [7, 11) is 3.19. The van der Waals surface area contributed by atoms with Crippen LogP contribution in [0.2, 0.25) is 0 Å². The third-order valence-electron chi connectivity index (χ3n) is 4.73. The summed E-state index contributed by atoms with van der Waals surface area (Å²) in [6, 6.07) is 13.5. The minimum absolute atomic E-state index is 0.0824. The first-order chi connectivity index (χ1) is 13.2. The predicted molar refractivity (Wildman–Crippen MR) is 105 cm³/mol. The number of methoxy groups -OCH3 is 2. The molecule has 0 spiro atoms. The van der Waals surface area contributed by atoms with E-state index in [2.05, 4.69) is 9.55 Å². The third-order valence-corrected chi connectivity index (χ3v) is 4.73. The highest BCUT2D eigenvalue weighted by atomic mass is 16.5. The Morgan fingerprint density at radius 2 is 1.89 bits per heavy atom. The summed E-state index contributed by atoms with van der Waals surface area (Å²) in [5.41, 5.74) is 2.84. The number of benzene rings is 2. The van der Waals surface area contributed by atoms with Gasteiger partial charge in [-0.2, -0.15) is 0 Å². The molecule has 138 valence electrons. The fraction of sp³-hybridized carbons (Fsp3) is 0.238. The molecule has 1 aliphatic heterocycles. The van der Waals surface area contributed by atoms with Crippen LogP contribution >= 0.6 is 0 Å². The van der Waals surface area contributed by atoms with Gasteiger partial charge in [0.25, 0.3) is 5.91 Å². The van der Waals surface area contributed by atoms with Crippen molar-refractivity contribution in [2.24, 2.45) is 0 Å². The number of anilines is 1. The van der Waals surface area contributed by atoms with Gasteiger partial charge in [0.2, 0.25) is 5.95 Å². The molecule has 1 aromatic heterocycles. The van der Waals surface area contributed by atoms with Crippen LogP contribution < -0.4 is 14.4 Å². The van der Waals surface area contributed by atoms with E-state index in [-0.39, 0.29) is 5.91 Å². The molecule has 0 unspecified atom stereocenters. The van der Waals surface area contributed by atoms with Gasteiger partial charge in [-0.15, -0.1) is 0 Å². The van der Waals surface area contributed by atoms with E-state index in [1.54, 1.807) is 31.3 Å². The van der Waals surface area contributed by atoms with E-state index in [0.717, 1.165) is 29.6 Å². The van der Waals surface area contributed by atoms with E-state index in [0.29, 0.717) is 24.0 Å². The van der Waals surface area contributed by atoms with Crippen molar-refractivity contribution in [3.05, 3.63) is 54.1 Å². The molecule has 2 heterocycles. The maximum absolute atomic E-state index is 12.8. The number of hydrogen-bond donors (Lipinski definition) is 0. The zero-order chi connectivity index (χ0) is 18.8. The summed E-state index contributed by atoms with van der Waals surface area (Å²) in [5, 5.41) is 0. The van der Waals surface area contributed by atoms with Crippen molar-refractivity contribution >= 4 is 29.0 Å². The number of carbonyl (C=O) groups is 1. The zero-order valence-electron chi connectivity index (χ0n) is 15.4. The second-order valence-corrected chi connectivity index (χ2v) is 6.34. The molecular formula is C21H21N3O3. The lowest BCUT2D eigenvalue weighted by Crippen LogP contribution is -2.36. The molecule has 3 aromatic rings. The lowest BCUT2D eigenvalue weighted by atomic mass is 10.2. The second-order valence-electron chi connectivity index (χ2n) is 6.34. The lowest BCUT2D eigenvalue weighted by Gasteiger charge is -2.26. The van der Waals surface area contributed by atoms with Gasteiger partial charge in [0.05, 0.1) is 25.3 Å². The molecular weight excluding hydrogens is 342 g/mol. The van der Waals surface area contributed by atoms with Gasteiger partial charge in [0, 0.05) is 19.2 Å². The highest BCUT2D eigenvalue weighted by molar-refractivity contribution is 6.04. The van der Waals surface area contributed by atoms with Crippen molar-refractivity contribution in [1.29, 1.82) is 0 Å². The number of aryl methyl sites for hydroxylation is 1. The van der Waals surface area contributed by atoms with Crippen LogP contribution in [-0.2, 0) is 11.3 Å². The van der Waals surface area contributed by atoms with Gasteiger partial charge >= 0.3 is 0 Å². The maximum atomic E-state index is 12.8. The molecule has 0 N–H and O–H groups in total. The SMILES string of the molecule is COc1ccc(/C=C/C(=O)N2CCCn3c2nc2ccccc23)cc1OC. The monoisotopic (exact) mass is 363 g/mol. The molecule has 0 saturated carbocycles. The summed E-state index contributed by atoms with van der Waals surface area (Å²) >= 11 is 0. The number of imidazole rings is 1. The van der Waals surface area contributed by atoms with Crippen LogP contribution in [0.25, 0.3) is 17.1 Å². The quantitative estimate of drug-likeness (QED) is 0.666. The van der Waals surface area contributed by atoms with Crippen LogP contribution in [0, 0.1) is 0 Å². The van der Waals surface area contributed by atoms with Crippen molar-refractivity contribution < 1.29 is 14.3 Å². The summed E-state index contributed by atoms with van der Waals surface area (Å²) in [6.07, 6.45) is 4.27. The first-order valence-electron chi connectivity index (χ1n) is 8.88. The number of nitrogens with zero attached hydrogens (tertiary/aromatic N) is 3. The molecule has 0 saturated heterocycles. The molecule has 6 nitrogen and oxygen atoms in total. The Hall–Kier alpha value is -3.28. The van der Waals surface area contributed by atoms with E-state index in [4.69, 9.17) is 9.47 Å². The van der Waals surface area contributed by atoms with Crippen LogP contribution in [0.3, 0.4) is 0 Å². The largest absolute Gasteiger partial charge is 0.493 e. The molecule has 2 aromatic carbocycles. The lowest BCUT2D eigenvalue weighted by molar-refractivity contribution is -0.114. The molecule has 0 aliphatic carbocycles. The number of aromatic nitrogens is 2. The van der Waals surface area contributed by atoms with E-state index in [1.165, 1.54) is 0 Å². The average molecular weight is 363 g/mol. The molecule has 6 heteroatoms. The Bertz CT molecular complexity index is 1020. The molecule has 0 fully saturated rings. The molecule has 0 atom stereocenters. The van der Waals surface area contributed by atoms with Crippen molar-refractivity contribution in [3.8, 4) is 11.5 Å². The van der Waals surface area contributed by atoms with E-state index in [9.17, 15) is 4.79 Å². The van der Waals surface area contributed by atoms with Crippen molar-refractivity contribution in [1.82, 2.24) is 9.55 Å². The summed E-state index contributed by atoms with van der Waals surface area (Å²) < 4.78 is 12.7. The molecule has 0 bridgehead atoms. The number of carbonyl (C=O) groups excluding carboxylic acids is 1. The summed E-state index contributed by atoms with van der Waals surface area (Å²) in [4.78, 5) is 19.2. The van der Waals surface area contributed by atoms with Gasteiger partial charge in [-0.1, -0.05) is 18.2 Å². The van der Waals surface area contributed by atoms with Crippen LogP contribution in [0.5, 0.6) is 11.5 Å². The van der Waals surface area contributed by atoms with E-state index in [1.807, 2.05) is 42.5 Å². The van der Waals surface area contributed by atoms with E-state index < -0.39 is 0 Å². The third kappa shape index (κ3) is 3.14. The minimum Gasteiger partial charge on any atom is -0.493 e. The molecule has 1 aliphatic rings. The van der Waals surface area contributed by atoms with Gasteiger partial charge in [0.15, 0.2) is 11.5 Å². The Morgan fingerprint density at radius 1 is 1.07 bits per heavy atom. The first-order valence-corrected chi connectivity index (χ1v) is 8.88. The molecule has 27 heavy (non-hydrogen) atoms. The van der Waals surface area contributed by atoms with Gasteiger partial charge < -0.3 is 14.0 Å². The van der Waals surface area contributed by atoms with Gasteiger partial charge in [-0.05, 0) is 42.3 Å². The van der Waals surface area contributed by atoms with Gasteiger partial charge in [-0.3, -0.25) is 9.69 Å². The Balaban J connectivity index is 1.60. The fourth-order valence-corrected chi connectivity index (χ4v) is 3.40. The molecule has 4 rings (SSSR count). The van der Waals surface area contributed by atoms with Crippen LogP contribution in [0.15, 0.2) is 48.5 Å². The van der Waals surface area contributed by atoms with Crippen molar-refractivity contribution in [3.63, 3.8) is 0 Å². The highest BCUT2D eigenvalue weighted by Crippen LogP contribution is 2.29. The molecule has 1 amide bonds. The van der Waals surface area contributed by atoms with Crippen molar-refractivity contribution in [2.45, 2.75) is 13.0 Å². The molecule has 0 radical (unpaired) electrons. The van der Waals surface area contributed by atoms with Gasteiger partial charge in [0.1, 0.15) is 0 Å². The maximum Gasteiger partial charge on any atom is 0.253 e. The Kier molecular flexibility index (Phi) is 4.54. The zero-order valence-corrected chi connectivity index (χ0v) is 15.4. The Morgan fingerprint density at radius 3 is 2.70 bits per heavy atom. The van der Waals surface area contributed by atoms with Crippen LogP contribution in [0.1, 0.15) is 12.0 Å². The highest BCUT2D eigenvalue weighted by Gasteiger charge is 2.24. The predicted octanol–water partition coefficient (Wildman–Crippen LogP) is 3.50. The van der Waals surface area contributed by atoms with E-state index >= 15 is 0 Å². The number of hydrogen-bond acceptors (Lipinski definition) is 4. The number of rotatable bonds is 4. The summed E-state index contributed by atoms with van der Waals surface area (Å²) in [5.74, 6) is 1.92. The van der Waals surface area contributed by atoms with Crippen molar-refractivity contribution in [2.75, 3.05) is 25.7 Å². The van der Waals surface area contributed by atoms with Crippen LogP contribution in [-0.4, -0.2) is 36.2 Å². The summed E-state index contributed by atoms with van der Waals surface area (Å²) in [6.45, 7) is 1.54. The topological polar surface area (TPSA) is 56.6 Å². The standard InChI is InChI=1S/C21H21N3O3/c1-26-18-10-8-15(14-19(18)27-2)9-11-20(25)24-13-5-12-23-17-7-4-3-6-16(17)22-21(23)24/h3-4,6-11,14H,5,12-13H2,1-2H3/b11-9+. The average Bonchev–Trinajstić information content (AvgIpc) is 3.10. The number of amides is 1. The number of ether oxygens (including phenoxy) is 2. The minimum atomic E-state index is -0.0824.